The average Bonchev–Trinajstić information content (AvgIpc) is 3.08. The molecular formula is C19H21F2N7O4S. The fourth-order valence-corrected chi connectivity index (χ4v) is 3.59. The van der Waals surface area contributed by atoms with Crippen molar-refractivity contribution in [1.29, 1.82) is 0 Å². The Morgan fingerprint density at radius 1 is 1.24 bits per heavy atom. The normalized spacial score (nSPS) is 12.5. The summed E-state index contributed by atoms with van der Waals surface area (Å²) >= 11 is 0. The maximum absolute atomic E-state index is 13.2. The van der Waals surface area contributed by atoms with E-state index in [0.717, 1.165) is 6.26 Å². The molecule has 0 aliphatic carbocycles. The molecule has 3 heterocycles. The van der Waals surface area contributed by atoms with E-state index in [2.05, 4.69) is 30.3 Å². The second-order valence-electron chi connectivity index (χ2n) is 7.07. The van der Waals surface area contributed by atoms with E-state index in [1.807, 2.05) is 0 Å². The third-order valence-electron chi connectivity index (χ3n) is 4.47. The first kappa shape index (κ1) is 24.0. The Kier molecular flexibility index (Phi) is 6.86. The lowest BCUT2D eigenvalue weighted by atomic mass is 10.1. The Balaban J connectivity index is 1.81. The van der Waals surface area contributed by atoms with Crippen LogP contribution in [0.15, 0.2) is 30.5 Å². The molecule has 33 heavy (non-hydrogen) atoms. The highest BCUT2D eigenvalue weighted by atomic mass is 32.2. The number of alkyl halides is 2. The Bertz CT molecular complexity index is 1280. The number of rotatable bonds is 7. The number of halogens is 2. The van der Waals surface area contributed by atoms with Crippen LogP contribution >= 0.6 is 0 Å². The minimum absolute atomic E-state index is 0.0808. The Morgan fingerprint density at radius 3 is 2.61 bits per heavy atom. The Morgan fingerprint density at radius 2 is 1.97 bits per heavy atom. The highest BCUT2D eigenvalue weighted by molar-refractivity contribution is 7.92. The molecule has 0 saturated carbocycles. The molecule has 1 amide bonds. The lowest BCUT2D eigenvalue weighted by Gasteiger charge is -2.17. The number of hydrogen-bond acceptors (Lipinski definition) is 8. The summed E-state index contributed by atoms with van der Waals surface area (Å²) in [5, 5.41) is 10.4. The third kappa shape index (κ3) is 5.77. The van der Waals surface area contributed by atoms with E-state index in [9.17, 15) is 22.0 Å². The molecular weight excluding hydrogens is 460 g/mol. The number of amides is 1. The van der Waals surface area contributed by atoms with Gasteiger partial charge in [-0.2, -0.15) is 0 Å². The molecule has 0 spiro atoms. The molecule has 2 N–H and O–H groups in total. The maximum atomic E-state index is 13.2. The molecule has 14 heteroatoms. The molecule has 3 rings (SSSR count). The van der Waals surface area contributed by atoms with Crippen LogP contribution in [0, 0.1) is 6.92 Å². The molecule has 0 fully saturated rings. The Hall–Kier alpha value is -3.68. The number of sulfonamides is 1. The minimum Gasteiger partial charge on any atom is -0.441 e. The van der Waals surface area contributed by atoms with Crippen molar-refractivity contribution < 1.29 is 26.7 Å². The van der Waals surface area contributed by atoms with Crippen molar-refractivity contribution in [2.24, 2.45) is 7.05 Å². The van der Waals surface area contributed by atoms with Gasteiger partial charge in [0.05, 0.1) is 23.3 Å². The van der Waals surface area contributed by atoms with Crippen LogP contribution in [-0.2, 0) is 21.8 Å². The second kappa shape index (κ2) is 9.44. The standard InChI is InChI=1S/C19H21F2N7O4S/c1-10-13(26-33(4,30)31)7-8-14(23-10)16-18(28(3)27-25-16)24-19(29)32-11(2)12-6-5-9-22-15(12)17(20)21/h5-9,11,17,26H,1-4H3,(H,24,29). The first-order chi connectivity index (χ1) is 15.5. The maximum Gasteiger partial charge on any atom is 0.413 e. The molecule has 0 aromatic carbocycles. The topological polar surface area (TPSA) is 141 Å². The summed E-state index contributed by atoms with van der Waals surface area (Å²) < 4.78 is 58.2. The SMILES string of the molecule is Cc1nc(-c2nnn(C)c2NC(=O)OC(C)c2cccnc2C(F)F)ccc1NS(C)(=O)=O. The van der Waals surface area contributed by atoms with E-state index >= 15 is 0 Å². The van der Waals surface area contributed by atoms with E-state index in [4.69, 9.17) is 4.74 Å². The van der Waals surface area contributed by atoms with Gasteiger partial charge in [0.25, 0.3) is 6.43 Å². The largest absolute Gasteiger partial charge is 0.441 e. The molecule has 0 aliphatic heterocycles. The van der Waals surface area contributed by atoms with E-state index in [0.29, 0.717) is 17.1 Å². The predicted octanol–water partition coefficient (Wildman–Crippen LogP) is 3.20. The van der Waals surface area contributed by atoms with Crippen LogP contribution in [-0.4, -0.2) is 45.7 Å². The van der Waals surface area contributed by atoms with Gasteiger partial charge in [-0.25, -0.2) is 31.7 Å². The molecule has 176 valence electrons. The summed E-state index contributed by atoms with van der Waals surface area (Å²) in [7, 11) is -1.96. The summed E-state index contributed by atoms with van der Waals surface area (Å²) in [6, 6.07) is 5.89. The van der Waals surface area contributed by atoms with Gasteiger partial charge in [0, 0.05) is 18.8 Å². The molecule has 0 bridgehead atoms. The molecule has 1 atom stereocenters. The van der Waals surface area contributed by atoms with Crippen molar-refractivity contribution in [3.05, 3.63) is 47.4 Å². The summed E-state index contributed by atoms with van der Waals surface area (Å²) in [5.41, 5.74) is 0.794. The number of aromatic nitrogens is 5. The highest BCUT2D eigenvalue weighted by Crippen LogP contribution is 2.29. The van der Waals surface area contributed by atoms with Gasteiger partial charge in [-0.15, -0.1) is 5.10 Å². The molecule has 0 aliphatic rings. The number of nitrogens with zero attached hydrogens (tertiary/aromatic N) is 5. The van der Waals surface area contributed by atoms with Crippen LogP contribution in [0.5, 0.6) is 0 Å². The lowest BCUT2D eigenvalue weighted by Crippen LogP contribution is -2.19. The second-order valence-corrected chi connectivity index (χ2v) is 8.81. The molecule has 11 nitrogen and oxygen atoms in total. The van der Waals surface area contributed by atoms with Crippen molar-refractivity contribution in [2.75, 3.05) is 16.3 Å². The zero-order valence-corrected chi connectivity index (χ0v) is 18.9. The smallest absolute Gasteiger partial charge is 0.413 e. The summed E-state index contributed by atoms with van der Waals surface area (Å²) in [6.07, 6.45) is -2.50. The third-order valence-corrected chi connectivity index (χ3v) is 5.06. The summed E-state index contributed by atoms with van der Waals surface area (Å²) in [5.74, 6) is 0.142. The quantitative estimate of drug-likeness (QED) is 0.524. The van der Waals surface area contributed by atoms with Crippen LogP contribution in [0.2, 0.25) is 0 Å². The number of hydrogen-bond donors (Lipinski definition) is 2. The average molecular weight is 481 g/mol. The highest BCUT2D eigenvalue weighted by Gasteiger charge is 2.23. The first-order valence-corrected chi connectivity index (χ1v) is 11.4. The monoisotopic (exact) mass is 481 g/mol. The van der Waals surface area contributed by atoms with E-state index in [-0.39, 0.29) is 17.1 Å². The summed E-state index contributed by atoms with van der Waals surface area (Å²) in [6.45, 7) is 3.05. The molecule has 1 unspecified atom stereocenters. The van der Waals surface area contributed by atoms with Crippen molar-refractivity contribution in [1.82, 2.24) is 25.0 Å². The van der Waals surface area contributed by atoms with Crippen molar-refractivity contribution in [2.45, 2.75) is 26.4 Å². The zero-order valence-electron chi connectivity index (χ0n) is 18.1. The first-order valence-electron chi connectivity index (χ1n) is 9.52. The van der Waals surface area contributed by atoms with Crippen LogP contribution in [0.1, 0.15) is 36.4 Å². The molecule has 0 radical (unpaired) electrons. The predicted molar refractivity (Wildman–Crippen MR) is 115 cm³/mol. The minimum atomic E-state index is -3.49. The lowest BCUT2D eigenvalue weighted by molar-refractivity contribution is 0.110. The number of ether oxygens (including phenoxy) is 1. The van der Waals surface area contributed by atoms with Gasteiger partial charge in [-0.3, -0.25) is 15.0 Å². The van der Waals surface area contributed by atoms with E-state index < -0.39 is 34.3 Å². The number of nitrogens with one attached hydrogen (secondary N) is 2. The number of carbonyl (C=O) groups is 1. The number of pyridine rings is 2. The van der Waals surface area contributed by atoms with Gasteiger partial charge < -0.3 is 4.74 Å². The van der Waals surface area contributed by atoms with Gasteiger partial charge in [-0.05, 0) is 32.0 Å². The number of aryl methyl sites for hydroxylation is 2. The van der Waals surface area contributed by atoms with Crippen molar-refractivity contribution in [3.8, 4) is 11.4 Å². The van der Waals surface area contributed by atoms with Gasteiger partial charge in [0.1, 0.15) is 11.8 Å². The van der Waals surface area contributed by atoms with Crippen LogP contribution in [0.4, 0.5) is 25.1 Å². The zero-order chi connectivity index (χ0) is 24.3. The van der Waals surface area contributed by atoms with Crippen molar-refractivity contribution in [3.63, 3.8) is 0 Å². The Labute approximate surface area is 188 Å². The van der Waals surface area contributed by atoms with E-state index in [1.165, 1.54) is 49.1 Å². The summed E-state index contributed by atoms with van der Waals surface area (Å²) in [4.78, 5) is 20.5. The van der Waals surface area contributed by atoms with Crippen LogP contribution in [0.3, 0.4) is 0 Å². The van der Waals surface area contributed by atoms with Crippen molar-refractivity contribution >= 4 is 27.6 Å². The fraction of sp³-hybridized carbons (Fsp3) is 0.316. The van der Waals surface area contributed by atoms with Gasteiger partial charge in [0.2, 0.25) is 10.0 Å². The fourth-order valence-electron chi connectivity index (χ4n) is 2.98. The number of carbonyl (C=O) groups excluding carboxylic acids is 1. The molecule has 0 saturated heterocycles. The van der Waals surface area contributed by atoms with Crippen LogP contribution in [0.25, 0.3) is 11.4 Å². The van der Waals surface area contributed by atoms with Gasteiger partial charge in [0.15, 0.2) is 11.5 Å². The molecule has 3 aromatic rings. The van der Waals surface area contributed by atoms with Crippen LogP contribution < -0.4 is 10.0 Å². The van der Waals surface area contributed by atoms with Gasteiger partial charge in [-0.1, -0.05) is 11.3 Å². The van der Waals surface area contributed by atoms with E-state index in [1.54, 1.807) is 6.92 Å². The molecule has 3 aromatic heterocycles. The van der Waals surface area contributed by atoms with Gasteiger partial charge >= 0.3 is 6.09 Å². The number of anilines is 2.